The minimum atomic E-state index is -0.408. The lowest BCUT2D eigenvalue weighted by atomic mass is 10.2. The van der Waals surface area contributed by atoms with Crippen molar-refractivity contribution in [1.29, 1.82) is 0 Å². The first kappa shape index (κ1) is 11.8. The average Bonchev–Trinajstić information content (AvgIpc) is 1.94. The number of rotatable bonds is 3. The Balaban J connectivity index is 3.76. The van der Waals surface area contributed by atoms with Gasteiger partial charge in [-0.25, -0.2) is 0 Å². The van der Waals surface area contributed by atoms with E-state index in [1.807, 2.05) is 20.8 Å². The number of ether oxygens (including phenoxy) is 1. The summed E-state index contributed by atoms with van der Waals surface area (Å²) in [4.78, 5) is 11.1. The van der Waals surface area contributed by atoms with Crippen molar-refractivity contribution in [1.82, 2.24) is 0 Å². The van der Waals surface area contributed by atoms with Crippen molar-refractivity contribution in [3.63, 3.8) is 0 Å². The molecule has 0 amide bonds. The molecule has 0 radical (unpaired) electrons. The third kappa shape index (κ3) is 8.66. The number of allylic oxidation sites excluding steroid dienone is 2. The minimum Gasteiger partial charge on any atom is -0.460 e. The number of hydrogen-bond acceptors (Lipinski definition) is 3. The molecule has 13 heavy (non-hydrogen) atoms. The van der Waals surface area contributed by atoms with Gasteiger partial charge in [0.25, 0.3) is 0 Å². The van der Waals surface area contributed by atoms with E-state index in [0.717, 1.165) is 0 Å². The molecule has 2 N–H and O–H groups in total. The van der Waals surface area contributed by atoms with Gasteiger partial charge in [0.05, 0.1) is 6.42 Å². The second-order valence-corrected chi connectivity index (χ2v) is 3.60. The van der Waals surface area contributed by atoms with Crippen molar-refractivity contribution in [2.45, 2.75) is 32.8 Å². The maximum absolute atomic E-state index is 11.1. The molecule has 0 atom stereocenters. The summed E-state index contributed by atoms with van der Waals surface area (Å²) in [6.45, 7) is 5.52. The maximum Gasteiger partial charge on any atom is 0.310 e. The molecule has 0 aliphatic carbocycles. The van der Waals surface area contributed by atoms with E-state index >= 15 is 0 Å². The van der Waals surface area contributed by atoms with Crippen LogP contribution in [0.4, 0.5) is 0 Å². The van der Waals surface area contributed by atoms with Crippen LogP contribution in [0, 0.1) is 0 Å². The smallest absolute Gasteiger partial charge is 0.310 e. The molecule has 0 rings (SSSR count). The van der Waals surface area contributed by atoms with Crippen molar-refractivity contribution in [2.75, 3.05) is 0 Å². The molecule has 0 aromatic carbocycles. The van der Waals surface area contributed by atoms with E-state index in [4.69, 9.17) is 10.5 Å². The zero-order valence-corrected chi connectivity index (χ0v) is 8.41. The van der Waals surface area contributed by atoms with E-state index in [-0.39, 0.29) is 12.4 Å². The van der Waals surface area contributed by atoms with Crippen LogP contribution >= 0.6 is 0 Å². The van der Waals surface area contributed by atoms with E-state index in [2.05, 4.69) is 0 Å². The van der Waals surface area contributed by atoms with Gasteiger partial charge in [-0.2, -0.15) is 0 Å². The predicted octanol–water partition coefficient (Wildman–Crippen LogP) is 1.75. The highest BCUT2D eigenvalue weighted by atomic mass is 16.6. The fraction of sp³-hybridized carbons (Fsp3) is 0.500. The normalized spacial score (nSPS) is 12.5. The molecule has 3 heteroatoms. The minimum absolute atomic E-state index is 0.228. The first-order chi connectivity index (χ1) is 5.95. The van der Waals surface area contributed by atoms with E-state index in [0.29, 0.717) is 0 Å². The zero-order valence-electron chi connectivity index (χ0n) is 8.41. The summed E-state index contributed by atoms with van der Waals surface area (Å²) in [6, 6.07) is 0. The molecule has 0 aromatic rings. The zero-order chi connectivity index (χ0) is 10.3. The molecule has 3 nitrogen and oxygen atoms in total. The summed E-state index contributed by atoms with van der Waals surface area (Å²) < 4.78 is 5.07. The highest BCUT2D eigenvalue weighted by molar-refractivity contribution is 5.71. The lowest BCUT2D eigenvalue weighted by molar-refractivity contribution is -0.153. The second-order valence-electron chi connectivity index (χ2n) is 3.60. The van der Waals surface area contributed by atoms with Crippen LogP contribution in [-0.2, 0) is 9.53 Å². The van der Waals surface area contributed by atoms with E-state index < -0.39 is 5.60 Å². The van der Waals surface area contributed by atoms with Gasteiger partial charge in [-0.1, -0.05) is 12.2 Å². The number of carbonyl (C=O) groups excluding carboxylic acids is 1. The topological polar surface area (TPSA) is 52.3 Å². The summed E-state index contributed by atoms with van der Waals surface area (Å²) in [5.74, 6) is -0.228. The highest BCUT2D eigenvalue weighted by Gasteiger charge is 2.14. The third-order valence-electron chi connectivity index (χ3n) is 1.06. The molecule has 0 spiro atoms. The van der Waals surface area contributed by atoms with Crippen molar-refractivity contribution in [3.05, 3.63) is 24.4 Å². The van der Waals surface area contributed by atoms with Crippen LogP contribution in [0.5, 0.6) is 0 Å². The van der Waals surface area contributed by atoms with Gasteiger partial charge in [0.1, 0.15) is 5.60 Å². The summed E-state index contributed by atoms with van der Waals surface area (Å²) in [5.41, 5.74) is 4.69. The third-order valence-corrected chi connectivity index (χ3v) is 1.06. The molecule has 0 saturated carbocycles. The van der Waals surface area contributed by atoms with Gasteiger partial charge in [-0.15, -0.1) is 0 Å². The van der Waals surface area contributed by atoms with Crippen LogP contribution in [0.1, 0.15) is 27.2 Å². The SMILES string of the molecule is CC(C)(C)OC(=O)CC=CC=CN. The van der Waals surface area contributed by atoms with Crippen LogP contribution in [0.3, 0.4) is 0 Å². The number of nitrogens with two attached hydrogens (primary N) is 1. The molecule has 0 fully saturated rings. The highest BCUT2D eigenvalue weighted by Crippen LogP contribution is 2.08. The lowest BCUT2D eigenvalue weighted by Gasteiger charge is -2.18. The van der Waals surface area contributed by atoms with Crippen molar-refractivity contribution < 1.29 is 9.53 Å². The van der Waals surface area contributed by atoms with Crippen molar-refractivity contribution in [3.8, 4) is 0 Å². The Morgan fingerprint density at radius 1 is 1.38 bits per heavy atom. The molecular formula is C10H17NO2. The van der Waals surface area contributed by atoms with Crippen LogP contribution in [-0.4, -0.2) is 11.6 Å². The maximum atomic E-state index is 11.1. The van der Waals surface area contributed by atoms with Gasteiger partial charge in [-0.05, 0) is 33.0 Å². The fourth-order valence-electron chi connectivity index (χ4n) is 0.690. The van der Waals surface area contributed by atoms with Crippen LogP contribution in [0.25, 0.3) is 0 Å². The standard InChI is InChI=1S/C10H17NO2/c1-10(2,3)13-9(12)7-5-4-6-8-11/h4-6,8H,7,11H2,1-3H3. The van der Waals surface area contributed by atoms with E-state index in [1.54, 1.807) is 18.2 Å². The summed E-state index contributed by atoms with van der Waals surface area (Å²) in [5, 5.41) is 0. The Morgan fingerprint density at radius 3 is 2.46 bits per heavy atom. The first-order valence-corrected chi connectivity index (χ1v) is 4.21. The summed E-state index contributed by atoms with van der Waals surface area (Å²) in [6.07, 6.45) is 6.76. The Hall–Kier alpha value is -1.25. The molecule has 74 valence electrons. The number of esters is 1. The number of hydrogen-bond donors (Lipinski definition) is 1. The molecule has 0 aromatic heterocycles. The Bertz CT molecular complexity index is 211. The van der Waals surface area contributed by atoms with Crippen molar-refractivity contribution >= 4 is 5.97 Å². The fourth-order valence-corrected chi connectivity index (χ4v) is 0.690. The molecule has 0 heterocycles. The van der Waals surface area contributed by atoms with E-state index in [1.165, 1.54) is 6.20 Å². The van der Waals surface area contributed by atoms with Gasteiger partial charge in [0, 0.05) is 0 Å². The van der Waals surface area contributed by atoms with E-state index in [9.17, 15) is 4.79 Å². The monoisotopic (exact) mass is 183 g/mol. The average molecular weight is 183 g/mol. The lowest BCUT2D eigenvalue weighted by Crippen LogP contribution is -2.23. The molecule has 0 bridgehead atoms. The van der Waals surface area contributed by atoms with Crippen LogP contribution in [0.2, 0.25) is 0 Å². The number of carbonyl (C=O) groups is 1. The molecular weight excluding hydrogens is 166 g/mol. The van der Waals surface area contributed by atoms with Crippen molar-refractivity contribution in [2.24, 2.45) is 5.73 Å². The molecule has 0 unspecified atom stereocenters. The predicted molar refractivity (Wildman–Crippen MR) is 52.9 cm³/mol. The largest absolute Gasteiger partial charge is 0.460 e. The second kappa shape index (κ2) is 5.41. The molecule has 0 aliphatic heterocycles. The first-order valence-electron chi connectivity index (χ1n) is 4.21. The van der Waals surface area contributed by atoms with Crippen LogP contribution in [0.15, 0.2) is 24.4 Å². The van der Waals surface area contributed by atoms with Gasteiger partial charge >= 0.3 is 5.97 Å². The summed E-state index contributed by atoms with van der Waals surface area (Å²) >= 11 is 0. The van der Waals surface area contributed by atoms with Gasteiger partial charge in [-0.3, -0.25) is 4.79 Å². The Morgan fingerprint density at radius 2 is 2.00 bits per heavy atom. The quantitative estimate of drug-likeness (QED) is 0.535. The van der Waals surface area contributed by atoms with Gasteiger partial charge in [0.15, 0.2) is 0 Å². The molecule has 0 saturated heterocycles. The molecule has 0 aliphatic rings. The van der Waals surface area contributed by atoms with Gasteiger partial charge < -0.3 is 10.5 Å². The Labute approximate surface area is 79.3 Å². The van der Waals surface area contributed by atoms with Crippen LogP contribution < -0.4 is 5.73 Å². The summed E-state index contributed by atoms with van der Waals surface area (Å²) in [7, 11) is 0. The Kier molecular flexibility index (Phi) is 4.89. The van der Waals surface area contributed by atoms with Gasteiger partial charge in [0.2, 0.25) is 0 Å².